The van der Waals surface area contributed by atoms with E-state index in [4.69, 9.17) is 5.11 Å². The summed E-state index contributed by atoms with van der Waals surface area (Å²) in [6, 6.07) is 6.20. The number of fused-ring (bicyclic) bond motifs is 1. The van der Waals surface area contributed by atoms with Crippen LogP contribution in [0.4, 0.5) is 0 Å². The van der Waals surface area contributed by atoms with E-state index in [0.717, 1.165) is 0 Å². The first-order chi connectivity index (χ1) is 8.24. The number of amides is 1. The number of carbonyl (C=O) groups is 1. The molecule has 0 radical (unpaired) electrons. The topological polar surface area (TPSA) is 99.1 Å². The van der Waals surface area contributed by atoms with E-state index in [9.17, 15) is 4.79 Å². The number of nitrogens with zero attached hydrogens (tertiary/aromatic N) is 5. The van der Waals surface area contributed by atoms with Crippen molar-refractivity contribution < 1.29 is 9.90 Å². The first-order valence-electron chi connectivity index (χ1n) is 4.74. The molecule has 0 saturated heterocycles. The van der Waals surface area contributed by atoms with Gasteiger partial charge in [0.25, 0.3) is 0 Å². The molecule has 0 unspecified atom stereocenters. The van der Waals surface area contributed by atoms with Crippen molar-refractivity contribution in [2.45, 2.75) is 0 Å². The lowest BCUT2D eigenvalue weighted by Crippen LogP contribution is -2.25. The Morgan fingerprint density at radius 2 is 1.76 bits per heavy atom. The van der Waals surface area contributed by atoms with Crippen LogP contribution in [0.3, 0.4) is 0 Å². The van der Waals surface area contributed by atoms with Gasteiger partial charge in [0.05, 0.1) is 0 Å². The van der Waals surface area contributed by atoms with E-state index in [-0.39, 0.29) is 23.1 Å². The number of rotatable bonds is 1. The minimum atomic E-state index is -0.511. The number of hydrogen-bond acceptors (Lipinski definition) is 6. The lowest BCUT2D eigenvalue weighted by Gasteiger charge is -2.06. The Labute approximate surface area is 94.9 Å². The highest BCUT2D eigenvalue weighted by atomic mass is 16.3. The average Bonchev–Trinajstić information content (AvgIpc) is 2.78. The Morgan fingerprint density at radius 1 is 1.00 bits per heavy atom. The van der Waals surface area contributed by atoms with Crippen LogP contribution in [0.25, 0.3) is 0 Å². The second-order valence-corrected chi connectivity index (χ2v) is 3.36. The molecule has 0 saturated carbocycles. The number of hydrogen-bond donors (Lipinski definition) is 1. The summed E-state index contributed by atoms with van der Waals surface area (Å²) < 4.78 is 0. The van der Waals surface area contributed by atoms with Crippen molar-refractivity contribution in [3.63, 3.8) is 0 Å². The maximum Gasteiger partial charge on any atom is 0.303 e. The smallest absolute Gasteiger partial charge is 0.303 e. The monoisotopic (exact) mass is 227 g/mol. The van der Waals surface area contributed by atoms with Crippen LogP contribution < -0.4 is 0 Å². The minimum absolute atomic E-state index is 0.0625. The van der Waals surface area contributed by atoms with Gasteiger partial charge in [0, 0.05) is 5.56 Å². The van der Waals surface area contributed by atoms with Gasteiger partial charge >= 0.3 is 5.91 Å². The number of phenolic OH excluding ortho intramolecular Hbond substituents is 1. The van der Waals surface area contributed by atoms with E-state index in [2.05, 4.69) is 25.4 Å². The fraction of sp³-hybridized carbons (Fsp3) is 0. The summed E-state index contributed by atoms with van der Waals surface area (Å²) in [6.45, 7) is 0. The lowest BCUT2D eigenvalue weighted by molar-refractivity contribution is -0.111. The molecular weight excluding hydrogens is 222 g/mol. The summed E-state index contributed by atoms with van der Waals surface area (Å²) in [5, 5.41) is 19.7. The van der Waals surface area contributed by atoms with Crippen LogP contribution in [0.1, 0.15) is 5.56 Å². The van der Waals surface area contributed by atoms with Crippen molar-refractivity contribution in [3.8, 4) is 5.75 Å². The SMILES string of the molecule is O=C1N=C(c2ccc(O)cc2)N=C2N=NN=C12. The highest BCUT2D eigenvalue weighted by molar-refractivity contribution is 6.69. The largest absolute Gasteiger partial charge is 0.508 e. The van der Waals surface area contributed by atoms with Gasteiger partial charge in [-0.2, -0.15) is 4.99 Å². The van der Waals surface area contributed by atoms with E-state index in [1.165, 1.54) is 12.1 Å². The zero-order chi connectivity index (χ0) is 11.8. The highest BCUT2D eigenvalue weighted by Gasteiger charge is 2.27. The molecule has 2 aliphatic heterocycles. The van der Waals surface area contributed by atoms with Gasteiger partial charge in [-0.05, 0) is 29.5 Å². The average molecular weight is 227 g/mol. The van der Waals surface area contributed by atoms with Crippen LogP contribution in [0.5, 0.6) is 5.75 Å². The molecule has 1 aromatic rings. The van der Waals surface area contributed by atoms with Crippen LogP contribution in [-0.2, 0) is 4.79 Å². The highest BCUT2D eigenvalue weighted by Crippen LogP contribution is 2.15. The molecule has 0 aliphatic carbocycles. The van der Waals surface area contributed by atoms with Gasteiger partial charge < -0.3 is 5.11 Å². The lowest BCUT2D eigenvalue weighted by atomic mass is 10.2. The van der Waals surface area contributed by atoms with Gasteiger partial charge in [-0.15, -0.1) is 10.2 Å². The maximum absolute atomic E-state index is 11.6. The van der Waals surface area contributed by atoms with Crippen molar-refractivity contribution in [1.29, 1.82) is 0 Å². The Balaban J connectivity index is 2.05. The molecule has 0 fully saturated rings. The van der Waals surface area contributed by atoms with Crippen molar-refractivity contribution in [1.82, 2.24) is 0 Å². The second kappa shape index (κ2) is 3.41. The van der Waals surface area contributed by atoms with Gasteiger partial charge in [-0.1, -0.05) is 0 Å². The number of amidine groups is 2. The predicted octanol–water partition coefficient (Wildman–Crippen LogP) is 0.899. The Morgan fingerprint density at radius 3 is 2.53 bits per heavy atom. The first-order valence-corrected chi connectivity index (χ1v) is 4.74. The number of benzene rings is 1. The molecule has 3 rings (SSSR count). The van der Waals surface area contributed by atoms with E-state index in [0.29, 0.717) is 5.56 Å². The molecule has 0 atom stereocenters. The molecule has 2 heterocycles. The van der Waals surface area contributed by atoms with Gasteiger partial charge in [-0.25, -0.2) is 4.99 Å². The van der Waals surface area contributed by atoms with Crippen LogP contribution in [0.2, 0.25) is 0 Å². The van der Waals surface area contributed by atoms with Crippen molar-refractivity contribution >= 4 is 23.3 Å². The van der Waals surface area contributed by atoms with Crippen LogP contribution in [0, 0.1) is 0 Å². The standard InChI is InChI=1S/C10H5N5O2/c16-6-3-1-5(2-4-6)8-11-9-7(10(17)12-8)13-15-14-9/h1-4,16H. The van der Waals surface area contributed by atoms with Crippen LogP contribution in [0.15, 0.2) is 49.7 Å². The molecule has 0 bridgehead atoms. The molecule has 2 aliphatic rings. The molecule has 1 amide bonds. The van der Waals surface area contributed by atoms with E-state index < -0.39 is 5.91 Å². The zero-order valence-electron chi connectivity index (χ0n) is 8.40. The van der Waals surface area contributed by atoms with Gasteiger partial charge in [0.1, 0.15) is 5.75 Å². The Kier molecular flexibility index (Phi) is 1.91. The van der Waals surface area contributed by atoms with E-state index in [1.807, 2.05) is 0 Å². The molecule has 0 spiro atoms. The quantitative estimate of drug-likeness (QED) is 0.770. The summed E-state index contributed by atoms with van der Waals surface area (Å²) >= 11 is 0. The number of aromatic hydroxyl groups is 1. The summed E-state index contributed by atoms with van der Waals surface area (Å²) in [7, 11) is 0. The zero-order valence-corrected chi connectivity index (χ0v) is 8.40. The van der Waals surface area contributed by atoms with E-state index in [1.54, 1.807) is 12.1 Å². The molecule has 82 valence electrons. The third kappa shape index (κ3) is 1.53. The molecule has 7 nitrogen and oxygen atoms in total. The van der Waals surface area contributed by atoms with Crippen molar-refractivity contribution in [2.24, 2.45) is 25.4 Å². The molecule has 17 heavy (non-hydrogen) atoms. The number of aliphatic imine (C=N–C) groups is 2. The van der Waals surface area contributed by atoms with E-state index >= 15 is 0 Å². The van der Waals surface area contributed by atoms with Crippen LogP contribution in [-0.4, -0.2) is 28.4 Å². The maximum atomic E-state index is 11.6. The fourth-order valence-corrected chi connectivity index (χ4v) is 1.43. The van der Waals surface area contributed by atoms with Crippen molar-refractivity contribution in [2.75, 3.05) is 0 Å². The second-order valence-electron chi connectivity index (χ2n) is 3.36. The normalized spacial score (nSPS) is 17.4. The summed E-state index contributed by atoms with van der Waals surface area (Å²) in [5.74, 6) is 0.0351. The third-order valence-corrected chi connectivity index (χ3v) is 2.24. The first kappa shape index (κ1) is 9.52. The minimum Gasteiger partial charge on any atom is -0.508 e. The molecule has 1 aromatic carbocycles. The fourth-order valence-electron chi connectivity index (χ4n) is 1.43. The van der Waals surface area contributed by atoms with Gasteiger partial charge in [0.2, 0.25) is 11.5 Å². The Hall–Kier alpha value is -2.70. The van der Waals surface area contributed by atoms with Gasteiger partial charge in [-0.3, -0.25) is 4.79 Å². The molecule has 1 N–H and O–H groups in total. The summed E-state index contributed by atoms with van der Waals surface area (Å²) in [5.41, 5.74) is 0.678. The predicted molar refractivity (Wildman–Crippen MR) is 59.4 cm³/mol. The number of carbonyl (C=O) groups excluding carboxylic acids is 1. The Bertz CT molecular complexity index is 625. The third-order valence-electron chi connectivity index (χ3n) is 2.24. The molecule has 7 heteroatoms. The van der Waals surface area contributed by atoms with Crippen molar-refractivity contribution in [3.05, 3.63) is 29.8 Å². The summed E-state index contributed by atoms with van der Waals surface area (Å²) in [6.07, 6.45) is 0. The van der Waals surface area contributed by atoms with Gasteiger partial charge in [0.15, 0.2) is 5.84 Å². The summed E-state index contributed by atoms with van der Waals surface area (Å²) in [4.78, 5) is 19.4. The number of phenols is 1. The molecule has 0 aromatic heterocycles. The van der Waals surface area contributed by atoms with Crippen LogP contribution >= 0.6 is 0 Å². The molecular formula is C10H5N5O2.